The fourth-order valence-electron chi connectivity index (χ4n) is 11.1. The minimum Gasteiger partial charge on any atom is -0.310 e. The summed E-state index contributed by atoms with van der Waals surface area (Å²) in [6.45, 7) is 4.74. The van der Waals surface area contributed by atoms with E-state index in [1.54, 1.807) is 0 Å². The highest BCUT2D eigenvalue weighted by atomic mass is 15.1. The normalized spacial score (nSPS) is 13.8. The number of benzene rings is 10. The van der Waals surface area contributed by atoms with Gasteiger partial charge in [-0.15, -0.1) is 0 Å². The van der Waals surface area contributed by atoms with E-state index in [2.05, 4.69) is 255 Å². The molecule has 2 aliphatic rings. The molecule has 12 rings (SSSR count). The molecule has 10 aromatic carbocycles. The summed E-state index contributed by atoms with van der Waals surface area (Å²) >= 11 is 0. The number of rotatable bonds is 7. The molecule has 0 atom stereocenters. The Labute approximate surface area is 370 Å². The summed E-state index contributed by atoms with van der Waals surface area (Å²) in [5, 5.41) is 2.48. The highest BCUT2D eigenvalue weighted by Gasteiger charge is 2.47. The van der Waals surface area contributed by atoms with Crippen molar-refractivity contribution in [3.63, 3.8) is 0 Å². The summed E-state index contributed by atoms with van der Waals surface area (Å²) in [6.07, 6.45) is 0. The van der Waals surface area contributed by atoms with Gasteiger partial charge in [-0.1, -0.05) is 208 Å². The molecule has 0 aliphatic heterocycles. The molecule has 0 bridgehead atoms. The number of fused-ring (bicyclic) bond motifs is 8. The summed E-state index contributed by atoms with van der Waals surface area (Å²) in [5.41, 5.74) is 20.6. The van der Waals surface area contributed by atoms with Crippen LogP contribution in [0, 0.1) is 0 Å². The van der Waals surface area contributed by atoms with Gasteiger partial charge < -0.3 is 4.90 Å². The number of hydrogen-bond donors (Lipinski definition) is 0. The Morgan fingerprint density at radius 2 is 0.778 bits per heavy atom. The van der Waals surface area contributed by atoms with Crippen molar-refractivity contribution in [3.05, 3.63) is 270 Å². The third-order valence-electron chi connectivity index (χ3n) is 13.9. The van der Waals surface area contributed by atoms with Crippen molar-refractivity contribution in [2.75, 3.05) is 4.90 Å². The Kier molecular flexibility index (Phi) is 8.49. The second kappa shape index (κ2) is 14.4. The van der Waals surface area contributed by atoms with Crippen LogP contribution in [0.25, 0.3) is 55.3 Å². The van der Waals surface area contributed by atoms with Crippen molar-refractivity contribution in [1.82, 2.24) is 0 Å². The number of hydrogen-bond acceptors (Lipinski definition) is 1. The minimum atomic E-state index is -0.531. The molecule has 0 saturated carbocycles. The van der Waals surface area contributed by atoms with Gasteiger partial charge in [0.05, 0.1) is 5.41 Å². The van der Waals surface area contributed by atoms with E-state index in [9.17, 15) is 0 Å². The first-order valence-electron chi connectivity index (χ1n) is 22.1. The average Bonchev–Trinajstić information content (AvgIpc) is 3.78. The molecule has 0 saturated heterocycles. The molecule has 63 heavy (non-hydrogen) atoms. The zero-order chi connectivity index (χ0) is 42.1. The van der Waals surface area contributed by atoms with Crippen LogP contribution in [-0.4, -0.2) is 0 Å². The van der Waals surface area contributed by atoms with Crippen LogP contribution in [0.15, 0.2) is 237 Å². The molecular formula is C62H45N. The van der Waals surface area contributed by atoms with E-state index in [4.69, 9.17) is 0 Å². The fourth-order valence-corrected chi connectivity index (χ4v) is 11.1. The van der Waals surface area contributed by atoms with Crippen LogP contribution in [0.4, 0.5) is 17.1 Å². The van der Waals surface area contributed by atoms with Gasteiger partial charge in [0.25, 0.3) is 0 Å². The molecule has 0 amide bonds. The molecule has 2 aliphatic carbocycles. The van der Waals surface area contributed by atoms with Gasteiger partial charge in [-0.05, 0) is 131 Å². The molecule has 0 unspecified atom stereocenters. The van der Waals surface area contributed by atoms with E-state index in [1.807, 2.05) is 0 Å². The van der Waals surface area contributed by atoms with Gasteiger partial charge in [0.2, 0.25) is 0 Å². The van der Waals surface area contributed by atoms with Crippen LogP contribution in [0.2, 0.25) is 0 Å². The Morgan fingerprint density at radius 3 is 1.43 bits per heavy atom. The molecular weight excluding hydrogens is 759 g/mol. The number of anilines is 3. The molecule has 1 heteroatoms. The lowest BCUT2D eigenvalue weighted by Gasteiger charge is -2.35. The Balaban J connectivity index is 1.14. The average molecular weight is 804 g/mol. The monoisotopic (exact) mass is 803 g/mol. The Bertz CT molecular complexity index is 3290. The second-order valence-corrected chi connectivity index (χ2v) is 17.6. The molecule has 1 nitrogen and oxygen atoms in total. The first-order valence-corrected chi connectivity index (χ1v) is 22.1. The van der Waals surface area contributed by atoms with Crippen LogP contribution >= 0.6 is 0 Å². The number of nitrogens with zero attached hydrogens (tertiary/aromatic N) is 1. The maximum Gasteiger partial charge on any atom is 0.0719 e. The third-order valence-corrected chi connectivity index (χ3v) is 13.9. The molecule has 0 spiro atoms. The smallest absolute Gasteiger partial charge is 0.0719 e. The first kappa shape index (κ1) is 37.1. The molecule has 0 aromatic heterocycles. The fraction of sp³-hybridized carbons (Fsp3) is 0.0645. The lowest BCUT2D eigenvalue weighted by molar-refractivity contribution is 0.660. The maximum atomic E-state index is 2.48. The van der Waals surface area contributed by atoms with Crippen LogP contribution in [0.5, 0.6) is 0 Å². The quantitative estimate of drug-likeness (QED) is 0.155. The molecule has 0 N–H and O–H groups in total. The van der Waals surface area contributed by atoms with E-state index in [0.29, 0.717) is 0 Å². The van der Waals surface area contributed by atoms with Crippen molar-refractivity contribution >= 4 is 27.8 Å². The van der Waals surface area contributed by atoms with Gasteiger partial charge in [-0.2, -0.15) is 0 Å². The van der Waals surface area contributed by atoms with E-state index >= 15 is 0 Å². The highest BCUT2D eigenvalue weighted by Crippen LogP contribution is 2.60. The largest absolute Gasteiger partial charge is 0.310 e. The van der Waals surface area contributed by atoms with Gasteiger partial charge in [0, 0.05) is 22.5 Å². The van der Waals surface area contributed by atoms with Crippen molar-refractivity contribution in [2.24, 2.45) is 0 Å². The van der Waals surface area contributed by atoms with E-state index in [0.717, 1.165) is 17.1 Å². The summed E-state index contributed by atoms with van der Waals surface area (Å²) in [7, 11) is 0. The first-order chi connectivity index (χ1) is 31.0. The topological polar surface area (TPSA) is 3.24 Å². The van der Waals surface area contributed by atoms with Crippen LogP contribution in [0.3, 0.4) is 0 Å². The van der Waals surface area contributed by atoms with Gasteiger partial charge in [0.1, 0.15) is 0 Å². The SMILES string of the molecule is CC1(C)c2ccccc2-c2ccc(N(c3ccc(-c4ccccc4)cc3)c3ccc4c5c(cc(-c6ccccc6)c4c3)-c3ccccc3C5(c3ccccc3)c3ccccc3)cc21. The predicted octanol–water partition coefficient (Wildman–Crippen LogP) is 16.3. The lowest BCUT2D eigenvalue weighted by Crippen LogP contribution is -2.28. The van der Waals surface area contributed by atoms with Gasteiger partial charge >= 0.3 is 0 Å². The van der Waals surface area contributed by atoms with Crippen molar-refractivity contribution in [1.29, 1.82) is 0 Å². The summed E-state index contributed by atoms with van der Waals surface area (Å²) in [6, 6.07) is 87.8. The third kappa shape index (κ3) is 5.63. The van der Waals surface area contributed by atoms with Crippen molar-refractivity contribution in [2.45, 2.75) is 24.7 Å². The lowest BCUT2D eigenvalue weighted by atomic mass is 9.66. The van der Waals surface area contributed by atoms with Gasteiger partial charge in [-0.3, -0.25) is 0 Å². The molecule has 298 valence electrons. The molecule has 0 fully saturated rings. The Hall–Kier alpha value is -7.74. The summed E-state index contributed by atoms with van der Waals surface area (Å²) < 4.78 is 0. The van der Waals surface area contributed by atoms with E-state index in [-0.39, 0.29) is 5.41 Å². The minimum absolute atomic E-state index is 0.137. The summed E-state index contributed by atoms with van der Waals surface area (Å²) in [5.74, 6) is 0. The highest BCUT2D eigenvalue weighted by molar-refractivity contribution is 6.09. The molecule has 10 aromatic rings. The van der Waals surface area contributed by atoms with E-state index < -0.39 is 5.41 Å². The maximum absolute atomic E-state index is 2.48. The standard InChI is InChI=1S/C62H45N/c1-61(2)57-29-17-15-27-50(57)52-37-35-49(40-59(52)61)63(47-33-31-43(32-34-47)42-19-7-3-8-20-42)48-36-38-53-55(39-48)54(44-21-9-4-10-22-44)41-56-51-28-16-18-30-58(51)62(60(53)56,45-23-11-5-12-24-45)46-25-13-6-14-26-46/h3-41H,1-2H3. The zero-order valence-electron chi connectivity index (χ0n) is 35.5. The van der Waals surface area contributed by atoms with Gasteiger partial charge in [0.15, 0.2) is 0 Å². The van der Waals surface area contributed by atoms with Crippen molar-refractivity contribution < 1.29 is 0 Å². The van der Waals surface area contributed by atoms with Crippen LogP contribution < -0.4 is 4.90 Å². The predicted molar refractivity (Wildman–Crippen MR) is 264 cm³/mol. The zero-order valence-corrected chi connectivity index (χ0v) is 35.5. The van der Waals surface area contributed by atoms with Gasteiger partial charge in [-0.25, -0.2) is 0 Å². The molecule has 0 radical (unpaired) electrons. The van der Waals surface area contributed by atoms with Crippen LogP contribution in [-0.2, 0) is 10.8 Å². The summed E-state index contributed by atoms with van der Waals surface area (Å²) in [4.78, 5) is 2.46. The molecule has 0 heterocycles. The Morgan fingerprint density at radius 1 is 0.302 bits per heavy atom. The van der Waals surface area contributed by atoms with Crippen molar-refractivity contribution in [3.8, 4) is 44.5 Å². The van der Waals surface area contributed by atoms with Crippen LogP contribution in [0.1, 0.15) is 47.2 Å². The second-order valence-electron chi connectivity index (χ2n) is 17.6. The van der Waals surface area contributed by atoms with E-state index in [1.165, 1.54) is 88.7 Å².